The van der Waals surface area contributed by atoms with E-state index >= 15 is 0 Å². The Morgan fingerprint density at radius 3 is 1.94 bits per heavy atom. The number of hydrogen-bond donors (Lipinski definition) is 1. The first-order valence-corrected chi connectivity index (χ1v) is 12.2. The molecule has 0 saturated carbocycles. The Balaban J connectivity index is 1.65. The summed E-state index contributed by atoms with van der Waals surface area (Å²) in [4.78, 5) is 15.1. The van der Waals surface area contributed by atoms with E-state index in [2.05, 4.69) is 44.8 Å². The zero-order valence-corrected chi connectivity index (χ0v) is 19.9. The van der Waals surface area contributed by atoms with Gasteiger partial charge in [-0.1, -0.05) is 32.9 Å². The number of anilines is 1. The Morgan fingerprint density at radius 2 is 1.45 bits per heavy atom. The molecule has 0 spiro atoms. The van der Waals surface area contributed by atoms with E-state index in [9.17, 15) is 13.2 Å². The van der Waals surface area contributed by atoms with Crippen molar-refractivity contribution in [2.24, 2.45) is 0 Å². The number of nitrogens with zero attached hydrogens (tertiary/aromatic N) is 2. The van der Waals surface area contributed by atoms with Gasteiger partial charge in [-0.15, -0.1) is 0 Å². The molecule has 31 heavy (non-hydrogen) atoms. The van der Waals surface area contributed by atoms with Gasteiger partial charge in [-0.05, 0) is 61.2 Å². The maximum Gasteiger partial charge on any atom is 0.255 e. The second-order valence-electron chi connectivity index (χ2n) is 9.34. The van der Waals surface area contributed by atoms with Crippen molar-refractivity contribution >= 4 is 21.6 Å². The highest BCUT2D eigenvalue weighted by Gasteiger charge is 2.29. The fourth-order valence-electron chi connectivity index (χ4n) is 3.64. The monoisotopic (exact) mass is 443 g/mol. The molecule has 1 heterocycles. The molecule has 0 unspecified atom stereocenters. The molecular weight excluding hydrogens is 410 g/mol. The minimum atomic E-state index is -3.53. The third-order valence-electron chi connectivity index (χ3n) is 5.77. The molecule has 1 N–H and O–H groups in total. The zero-order chi connectivity index (χ0) is 22.8. The van der Waals surface area contributed by atoms with Crippen molar-refractivity contribution < 1.29 is 13.2 Å². The van der Waals surface area contributed by atoms with E-state index in [4.69, 9.17) is 0 Å². The van der Waals surface area contributed by atoms with Gasteiger partial charge in [0.25, 0.3) is 5.91 Å². The molecule has 168 valence electrons. The van der Waals surface area contributed by atoms with E-state index in [-0.39, 0.29) is 16.2 Å². The normalized spacial score (nSPS) is 16.5. The topological polar surface area (TPSA) is 69.7 Å². The molecule has 1 amide bonds. The Morgan fingerprint density at radius 1 is 0.903 bits per heavy atom. The summed E-state index contributed by atoms with van der Waals surface area (Å²) >= 11 is 0. The first-order valence-electron chi connectivity index (χ1n) is 10.7. The summed E-state index contributed by atoms with van der Waals surface area (Å²) in [7, 11) is -3.53. The maximum atomic E-state index is 13.0. The number of carbonyl (C=O) groups excluding carboxylic acids is 1. The molecule has 7 heteroatoms. The summed E-state index contributed by atoms with van der Waals surface area (Å²) in [5, 5.41) is 2.84. The third-order valence-corrected chi connectivity index (χ3v) is 7.68. The Kier molecular flexibility index (Phi) is 6.88. The number of hydrogen-bond acceptors (Lipinski definition) is 4. The first kappa shape index (κ1) is 23.4. The summed E-state index contributed by atoms with van der Waals surface area (Å²) in [6.07, 6.45) is 0. The van der Waals surface area contributed by atoms with Crippen LogP contribution in [-0.4, -0.2) is 55.8 Å². The summed E-state index contributed by atoms with van der Waals surface area (Å²) in [6.45, 7) is 13.1. The predicted molar refractivity (Wildman–Crippen MR) is 125 cm³/mol. The highest BCUT2D eigenvalue weighted by molar-refractivity contribution is 7.89. The van der Waals surface area contributed by atoms with Gasteiger partial charge in [0.1, 0.15) is 0 Å². The first-order chi connectivity index (χ1) is 14.5. The van der Waals surface area contributed by atoms with Gasteiger partial charge >= 0.3 is 0 Å². The lowest BCUT2D eigenvalue weighted by Gasteiger charge is -2.36. The molecule has 0 radical (unpaired) electrons. The number of nitrogens with one attached hydrogen (secondary N) is 1. The van der Waals surface area contributed by atoms with Gasteiger partial charge in [-0.3, -0.25) is 9.69 Å². The highest BCUT2D eigenvalue weighted by atomic mass is 32.2. The number of sulfonamides is 1. The molecule has 0 aliphatic carbocycles. The smallest absolute Gasteiger partial charge is 0.255 e. The lowest BCUT2D eigenvalue weighted by molar-refractivity contribution is 0.102. The van der Waals surface area contributed by atoms with Gasteiger partial charge in [0, 0.05) is 43.5 Å². The van der Waals surface area contributed by atoms with Crippen LogP contribution < -0.4 is 5.32 Å². The number of carbonyl (C=O) groups is 1. The van der Waals surface area contributed by atoms with E-state index < -0.39 is 10.0 Å². The summed E-state index contributed by atoms with van der Waals surface area (Å²) in [6, 6.07) is 14.4. The molecule has 3 rings (SSSR count). The predicted octanol–water partition coefficient (Wildman–Crippen LogP) is 3.95. The molecule has 0 aromatic heterocycles. The Bertz CT molecular complexity index is 1000. The minimum Gasteiger partial charge on any atom is -0.322 e. The largest absolute Gasteiger partial charge is 0.322 e. The molecule has 2 aromatic rings. The fourth-order valence-corrected chi connectivity index (χ4v) is 5.07. The average molecular weight is 444 g/mol. The third kappa shape index (κ3) is 5.53. The molecule has 0 bridgehead atoms. The van der Waals surface area contributed by atoms with Crippen molar-refractivity contribution in [3.63, 3.8) is 0 Å². The van der Waals surface area contributed by atoms with E-state index in [1.54, 1.807) is 24.3 Å². The highest BCUT2D eigenvalue weighted by Crippen LogP contribution is 2.23. The Labute approximate surface area is 186 Å². The molecule has 1 aliphatic heterocycles. The van der Waals surface area contributed by atoms with Crippen LogP contribution in [0.25, 0.3) is 0 Å². The molecule has 2 aromatic carbocycles. The number of amides is 1. The molecule has 0 atom stereocenters. The molecule has 6 nitrogen and oxygen atoms in total. The van der Waals surface area contributed by atoms with Crippen molar-refractivity contribution in [2.75, 3.05) is 31.5 Å². The summed E-state index contributed by atoms with van der Waals surface area (Å²) in [5.74, 6) is -0.221. The van der Waals surface area contributed by atoms with Crippen LogP contribution in [0.15, 0.2) is 53.4 Å². The van der Waals surface area contributed by atoms with Crippen molar-refractivity contribution in [3.05, 3.63) is 59.7 Å². The fraction of sp³-hybridized carbons (Fsp3) is 0.458. The second-order valence-corrected chi connectivity index (χ2v) is 11.3. The number of benzene rings is 2. The molecular formula is C24H33N3O3S. The van der Waals surface area contributed by atoms with Gasteiger partial charge in [-0.25, -0.2) is 8.42 Å². The SMILES string of the molecule is CC(C)N1CCN(S(=O)(=O)c2ccc(NC(=O)c3ccc(C(C)(C)C)cc3)cc2)CC1. The van der Waals surface area contributed by atoms with Gasteiger partial charge in [0.2, 0.25) is 10.0 Å². The molecule has 1 saturated heterocycles. The van der Waals surface area contributed by atoms with Crippen LogP contribution >= 0.6 is 0 Å². The van der Waals surface area contributed by atoms with Crippen LogP contribution in [0.3, 0.4) is 0 Å². The van der Waals surface area contributed by atoms with Crippen LogP contribution in [0.1, 0.15) is 50.5 Å². The minimum absolute atomic E-state index is 0.0256. The molecule has 1 aliphatic rings. The van der Waals surface area contributed by atoms with Crippen LogP contribution in [0.4, 0.5) is 5.69 Å². The lowest BCUT2D eigenvalue weighted by atomic mass is 9.87. The van der Waals surface area contributed by atoms with Crippen molar-refractivity contribution in [1.29, 1.82) is 0 Å². The van der Waals surface area contributed by atoms with Crippen molar-refractivity contribution in [1.82, 2.24) is 9.21 Å². The molecule has 1 fully saturated rings. The lowest BCUT2D eigenvalue weighted by Crippen LogP contribution is -2.50. The van der Waals surface area contributed by atoms with Crippen LogP contribution in [0, 0.1) is 0 Å². The van der Waals surface area contributed by atoms with Crippen LogP contribution in [-0.2, 0) is 15.4 Å². The van der Waals surface area contributed by atoms with E-state index in [1.807, 2.05) is 24.3 Å². The second kappa shape index (κ2) is 9.10. The van der Waals surface area contributed by atoms with Gasteiger partial charge < -0.3 is 5.32 Å². The number of rotatable bonds is 5. The van der Waals surface area contributed by atoms with Crippen LogP contribution in [0.2, 0.25) is 0 Å². The zero-order valence-electron chi connectivity index (χ0n) is 19.1. The van der Waals surface area contributed by atoms with Gasteiger partial charge in [-0.2, -0.15) is 4.31 Å². The van der Waals surface area contributed by atoms with E-state index in [0.717, 1.165) is 18.7 Å². The van der Waals surface area contributed by atoms with E-state index in [0.29, 0.717) is 30.4 Å². The van der Waals surface area contributed by atoms with Crippen molar-refractivity contribution in [2.45, 2.75) is 51.0 Å². The number of piperazine rings is 1. The average Bonchev–Trinajstić information content (AvgIpc) is 2.73. The summed E-state index contributed by atoms with van der Waals surface area (Å²) < 4.78 is 27.4. The Hall–Kier alpha value is -2.22. The van der Waals surface area contributed by atoms with Gasteiger partial charge in [0.05, 0.1) is 4.90 Å². The van der Waals surface area contributed by atoms with Crippen molar-refractivity contribution in [3.8, 4) is 0 Å². The standard InChI is InChI=1S/C24H33N3O3S/c1-18(2)26-14-16-27(17-15-26)31(29,30)22-12-10-21(11-13-22)25-23(28)19-6-8-20(9-7-19)24(3,4)5/h6-13,18H,14-17H2,1-5H3,(H,25,28). The van der Waals surface area contributed by atoms with E-state index in [1.165, 1.54) is 4.31 Å². The summed E-state index contributed by atoms with van der Waals surface area (Å²) in [5.41, 5.74) is 2.31. The van der Waals surface area contributed by atoms with Crippen LogP contribution in [0.5, 0.6) is 0 Å². The van der Waals surface area contributed by atoms with Gasteiger partial charge in [0.15, 0.2) is 0 Å². The maximum absolute atomic E-state index is 13.0. The quantitative estimate of drug-likeness (QED) is 0.760.